The van der Waals surface area contributed by atoms with Gasteiger partial charge in [0.05, 0.1) is 25.2 Å². The van der Waals surface area contributed by atoms with Gasteiger partial charge in [-0.15, -0.1) is 0 Å². The van der Waals surface area contributed by atoms with Crippen LogP contribution in [0.5, 0.6) is 0 Å². The predicted molar refractivity (Wildman–Crippen MR) is 99.4 cm³/mol. The molecule has 0 saturated carbocycles. The fourth-order valence-corrected chi connectivity index (χ4v) is 3.50. The molecular weight excluding hydrogens is 310 g/mol. The van der Waals surface area contributed by atoms with Crippen LogP contribution in [0.15, 0.2) is 77.6 Å². The second kappa shape index (κ2) is 7.68. The Morgan fingerprint density at radius 3 is 2.52 bits per heavy atom. The fraction of sp³-hybridized carbons (Fsp3) is 0.273. The Hall–Kier alpha value is -2.36. The first-order valence-electron chi connectivity index (χ1n) is 8.89. The van der Waals surface area contributed by atoms with Crippen molar-refractivity contribution in [2.75, 3.05) is 13.1 Å². The summed E-state index contributed by atoms with van der Waals surface area (Å²) in [6.45, 7) is 2.55. The van der Waals surface area contributed by atoms with Gasteiger partial charge >= 0.3 is 0 Å². The third-order valence-electron chi connectivity index (χ3n) is 4.92. The molecule has 25 heavy (non-hydrogen) atoms. The van der Waals surface area contributed by atoms with Gasteiger partial charge in [-0.25, -0.2) is 0 Å². The van der Waals surface area contributed by atoms with Crippen LogP contribution >= 0.6 is 0 Å². The third kappa shape index (κ3) is 3.84. The summed E-state index contributed by atoms with van der Waals surface area (Å²) in [6.07, 6.45) is 4.86. The van der Waals surface area contributed by atoms with Crippen molar-refractivity contribution < 1.29 is 9.15 Å². The zero-order chi connectivity index (χ0) is 16.9. The van der Waals surface area contributed by atoms with E-state index in [1.165, 1.54) is 22.3 Å². The van der Waals surface area contributed by atoms with Gasteiger partial charge in [0.25, 0.3) is 0 Å². The molecule has 3 heteroatoms. The molecule has 2 heterocycles. The van der Waals surface area contributed by atoms with E-state index in [4.69, 9.17) is 9.15 Å². The maximum Gasteiger partial charge on any atom is 0.0938 e. The Morgan fingerprint density at radius 2 is 1.76 bits per heavy atom. The molecule has 0 radical (unpaired) electrons. The van der Waals surface area contributed by atoms with Crippen molar-refractivity contribution in [3.8, 4) is 11.1 Å². The van der Waals surface area contributed by atoms with Crippen molar-refractivity contribution in [1.29, 1.82) is 0 Å². The Kier molecular flexibility index (Phi) is 4.96. The van der Waals surface area contributed by atoms with Crippen molar-refractivity contribution in [2.45, 2.75) is 25.0 Å². The molecule has 3 aromatic rings. The highest BCUT2D eigenvalue weighted by Crippen LogP contribution is 2.29. The maximum absolute atomic E-state index is 6.25. The van der Waals surface area contributed by atoms with E-state index in [1.54, 1.807) is 6.26 Å². The Bertz CT molecular complexity index is 766. The standard InChI is InChI=1S/C22H23NO2/c1-2-4-18(5-3-1)19-8-6-17(7-9-19)15-25-22-14-23-12-10-21(22)20-11-13-24-16-20/h1-9,11,13,16,21-23H,10,12,14-15H2/t21-,22+/m1/s1. The monoisotopic (exact) mass is 333 g/mol. The lowest BCUT2D eigenvalue weighted by Crippen LogP contribution is -2.40. The molecule has 2 aromatic carbocycles. The van der Waals surface area contributed by atoms with Gasteiger partial charge in [-0.2, -0.15) is 0 Å². The minimum Gasteiger partial charge on any atom is -0.472 e. The molecule has 1 aliphatic rings. The molecule has 128 valence electrons. The van der Waals surface area contributed by atoms with E-state index in [2.05, 4.69) is 59.9 Å². The van der Waals surface area contributed by atoms with Crippen molar-refractivity contribution >= 4 is 0 Å². The highest BCUT2D eigenvalue weighted by molar-refractivity contribution is 5.63. The van der Waals surface area contributed by atoms with Crippen LogP contribution in [0.4, 0.5) is 0 Å². The largest absolute Gasteiger partial charge is 0.472 e. The number of piperidine rings is 1. The molecule has 1 N–H and O–H groups in total. The van der Waals surface area contributed by atoms with Gasteiger partial charge in [-0.05, 0) is 41.3 Å². The van der Waals surface area contributed by atoms with Gasteiger partial charge in [-0.1, -0.05) is 54.6 Å². The molecule has 0 aliphatic carbocycles. The molecular formula is C22H23NO2. The van der Waals surface area contributed by atoms with E-state index in [-0.39, 0.29) is 6.10 Å². The summed E-state index contributed by atoms with van der Waals surface area (Å²) in [5.41, 5.74) is 4.92. The van der Waals surface area contributed by atoms with E-state index < -0.39 is 0 Å². The van der Waals surface area contributed by atoms with Crippen LogP contribution in [-0.4, -0.2) is 19.2 Å². The number of benzene rings is 2. The zero-order valence-electron chi connectivity index (χ0n) is 14.2. The Morgan fingerprint density at radius 1 is 0.960 bits per heavy atom. The predicted octanol–water partition coefficient (Wildman–Crippen LogP) is 4.61. The Labute approximate surface area is 148 Å². The van der Waals surface area contributed by atoms with Crippen LogP contribution in [-0.2, 0) is 11.3 Å². The van der Waals surface area contributed by atoms with Gasteiger partial charge in [0, 0.05) is 12.5 Å². The summed E-state index contributed by atoms with van der Waals surface area (Å²) in [4.78, 5) is 0. The van der Waals surface area contributed by atoms with Crippen LogP contribution in [0.2, 0.25) is 0 Å². The second-order valence-electron chi connectivity index (χ2n) is 6.57. The van der Waals surface area contributed by atoms with E-state index in [9.17, 15) is 0 Å². The number of nitrogens with one attached hydrogen (secondary N) is 1. The lowest BCUT2D eigenvalue weighted by molar-refractivity contribution is 0.0105. The smallest absolute Gasteiger partial charge is 0.0938 e. The third-order valence-corrected chi connectivity index (χ3v) is 4.92. The summed E-state index contributed by atoms with van der Waals surface area (Å²) < 4.78 is 11.5. The zero-order valence-corrected chi connectivity index (χ0v) is 14.2. The van der Waals surface area contributed by atoms with Gasteiger partial charge in [-0.3, -0.25) is 0 Å². The SMILES string of the molecule is c1ccc(-c2ccc(CO[C@H]3CNCC[C@@H]3c3ccoc3)cc2)cc1. The van der Waals surface area contributed by atoms with Crippen LogP contribution in [0.3, 0.4) is 0 Å². The van der Waals surface area contributed by atoms with Gasteiger partial charge < -0.3 is 14.5 Å². The number of furan rings is 1. The Balaban J connectivity index is 1.40. The van der Waals surface area contributed by atoms with E-state index in [1.807, 2.05) is 12.3 Å². The van der Waals surface area contributed by atoms with E-state index >= 15 is 0 Å². The summed E-state index contributed by atoms with van der Waals surface area (Å²) in [5.74, 6) is 0.406. The molecule has 1 saturated heterocycles. The van der Waals surface area contributed by atoms with Crippen molar-refractivity contribution in [2.24, 2.45) is 0 Å². The average molecular weight is 333 g/mol. The van der Waals surface area contributed by atoms with Gasteiger partial charge in [0.2, 0.25) is 0 Å². The number of ether oxygens (including phenoxy) is 1. The summed E-state index contributed by atoms with van der Waals surface area (Å²) in [6, 6.07) is 21.2. The molecule has 0 amide bonds. The minimum absolute atomic E-state index is 0.181. The lowest BCUT2D eigenvalue weighted by Gasteiger charge is -2.31. The summed E-state index contributed by atoms with van der Waals surface area (Å²) >= 11 is 0. The number of hydrogen-bond donors (Lipinski definition) is 1. The highest BCUT2D eigenvalue weighted by Gasteiger charge is 2.27. The van der Waals surface area contributed by atoms with E-state index in [0.29, 0.717) is 12.5 Å². The first kappa shape index (κ1) is 16.1. The lowest BCUT2D eigenvalue weighted by atomic mass is 9.89. The van der Waals surface area contributed by atoms with Gasteiger partial charge in [0.1, 0.15) is 0 Å². The average Bonchev–Trinajstić information content (AvgIpc) is 3.22. The normalized spacial score (nSPS) is 20.5. The van der Waals surface area contributed by atoms with Crippen molar-refractivity contribution in [3.05, 3.63) is 84.3 Å². The van der Waals surface area contributed by atoms with Crippen LogP contribution in [0.1, 0.15) is 23.5 Å². The van der Waals surface area contributed by atoms with Crippen LogP contribution in [0, 0.1) is 0 Å². The van der Waals surface area contributed by atoms with Gasteiger partial charge in [0.15, 0.2) is 0 Å². The highest BCUT2D eigenvalue weighted by atomic mass is 16.5. The van der Waals surface area contributed by atoms with Crippen molar-refractivity contribution in [1.82, 2.24) is 5.32 Å². The molecule has 1 fully saturated rings. The quantitative estimate of drug-likeness (QED) is 0.740. The van der Waals surface area contributed by atoms with Crippen molar-refractivity contribution in [3.63, 3.8) is 0 Å². The summed E-state index contributed by atoms with van der Waals surface area (Å²) in [5, 5.41) is 3.44. The molecule has 1 aliphatic heterocycles. The van der Waals surface area contributed by atoms with Crippen LogP contribution < -0.4 is 5.32 Å². The molecule has 0 unspecified atom stereocenters. The number of rotatable bonds is 5. The molecule has 0 spiro atoms. The van der Waals surface area contributed by atoms with E-state index in [0.717, 1.165) is 19.5 Å². The number of hydrogen-bond acceptors (Lipinski definition) is 3. The van der Waals surface area contributed by atoms with Crippen LogP contribution in [0.25, 0.3) is 11.1 Å². The molecule has 3 nitrogen and oxygen atoms in total. The first-order chi connectivity index (χ1) is 12.4. The fourth-order valence-electron chi connectivity index (χ4n) is 3.50. The molecule has 2 atom stereocenters. The molecule has 0 bridgehead atoms. The molecule has 4 rings (SSSR count). The maximum atomic E-state index is 6.25. The summed E-state index contributed by atoms with van der Waals surface area (Å²) in [7, 11) is 0. The molecule has 1 aromatic heterocycles. The topological polar surface area (TPSA) is 34.4 Å². The minimum atomic E-state index is 0.181. The second-order valence-corrected chi connectivity index (χ2v) is 6.57. The first-order valence-corrected chi connectivity index (χ1v) is 8.89.